The summed E-state index contributed by atoms with van der Waals surface area (Å²) in [4.78, 5) is 0. The van der Waals surface area contributed by atoms with Crippen LogP contribution >= 0.6 is 11.6 Å². The molecule has 4 heteroatoms. The van der Waals surface area contributed by atoms with Crippen LogP contribution in [0.25, 0.3) is 10.9 Å². The normalized spacial score (nSPS) is 22.9. The van der Waals surface area contributed by atoms with Crippen molar-refractivity contribution in [3.63, 3.8) is 0 Å². The van der Waals surface area contributed by atoms with Crippen LogP contribution in [0.15, 0.2) is 30.5 Å². The summed E-state index contributed by atoms with van der Waals surface area (Å²) < 4.78 is 0. The van der Waals surface area contributed by atoms with Gasteiger partial charge in [0.05, 0.1) is 17.4 Å². The summed E-state index contributed by atoms with van der Waals surface area (Å²) >= 11 is 6.10. The quantitative estimate of drug-likeness (QED) is 0.862. The van der Waals surface area contributed by atoms with Crippen LogP contribution < -0.4 is 5.32 Å². The van der Waals surface area contributed by atoms with Gasteiger partial charge in [-0.25, -0.2) is 0 Å². The van der Waals surface area contributed by atoms with E-state index in [2.05, 4.69) is 21.6 Å². The molecule has 0 bridgehead atoms. The van der Waals surface area contributed by atoms with Gasteiger partial charge < -0.3 is 5.32 Å². The molecule has 2 unspecified atom stereocenters. The number of nitrogens with zero attached hydrogens (tertiary/aromatic N) is 2. The van der Waals surface area contributed by atoms with Crippen molar-refractivity contribution in [1.29, 1.82) is 0 Å². The maximum absolute atomic E-state index is 6.10. The van der Waals surface area contributed by atoms with Crippen LogP contribution in [0.1, 0.15) is 25.7 Å². The number of hydrogen-bond donors (Lipinski definition) is 1. The lowest BCUT2D eigenvalue weighted by atomic mass is 9.80. The average Bonchev–Trinajstić information content (AvgIpc) is 2.53. The van der Waals surface area contributed by atoms with Crippen LogP contribution in [0.5, 0.6) is 0 Å². The number of benzene rings is 1. The molecule has 0 amide bonds. The topological polar surface area (TPSA) is 37.8 Å². The highest BCUT2D eigenvalue weighted by Crippen LogP contribution is 2.31. The monoisotopic (exact) mass is 289 g/mol. The highest BCUT2D eigenvalue weighted by atomic mass is 35.5. The first-order valence-electron chi connectivity index (χ1n) is 7.38. The number of hydrogen-bond acceptors (Lipinski definition) is 3. The number of aromatic nitrogens is 2. The van der Waals surface area contributed by atoms with Gasteiger partial charge in [-0.15, -0.1) is 11.6 Å². The molecule has 1 saturated carbocycles. The summed E-state index contributed by atoms with van der Waals surface area (Å²) in [5, 5.41) is 12.9. The highest BCUT2D eigenvalue weighted by Gasteiger charge is 2.24. The molecule has 1 aromatic carbocycles. The maximum atomic E-state index is 6.10. The van der Waals surface area contributed by atoms with E-state index in [1.54, 1.807) is 0 Å². The van der Waals surface area contributed by atoms with E-state index in [4.69, 9.17) is 11.6 Å². The van der Waals surface area contributed by atoms with Crippen molar-refractivity contribution in [1.82, 2.24) is 10.2 Å². The number of anilines is 1. The van der Waals surface area contributed by atoms with Gasteiger partial charge in [-0.3, -0.25) is 0 Å². The van der Waals surface area contributed by atoms with Crippen molar-refractivity contribution < 1.29 is 0 Å². The first-order chi connectivity index (χ1) is 9.88. The fourth-order valence-corrected chi connectivity index (χ4v) is 3.55. The molecule has 2 atom stereocenters. The molecule has 2 aromatic rings. The molecule has 3 nitrogen and oxygen atoms in total. The third-order valence-corrected chi connectivity index (χ3v) is 4.76. The Hall–Kier alpha value is -1.35. The molecule has 1 aliphatic rings. The minimum absolute atomic E-state index is 0.652. The van der Waals surface area contributed by atoms with Gasteiger partial charge in [-0.1, -0.05) is 31.0 Å². The lowest BCUT2D eigenvalue weighted by Crippen LogP contribution is -2.27. The van der Waals surface area contributed by atoms with Gasteiger partial charge in [0.1, 0.15) is 0 Å². The first-order valence-corrected chi connectivity index (χ1v) is 7.92. The Morgan fingerprint density at radius 1 is 1.15 bits per heavy atom. The smallest absolute Gasteiger partial charge is 0.0950 e. The molecule has 1 fully saturated rings. The number of alkyl halides is 1. The van der Waals surface area contributed by atoms with Crippen LogP contribution in [0.3, 0.4) is 0 Å². The predicted molar refractivity (Wildman–Crippen MR) is 84.2 cm³/mol. The number of nitrogens with one attached hydrogen (secondary N) is 1. The third-order valence-electron chi connectivity index (χ3n) is 4.37. The molecule has 1 N–H and O–H groups in total. The molecule has 0 spiro atoms. The van der Waals surface area contributed by atoms with E-state index in [1.807, 2.05) is 24.4 Å². The van der Waals surface area contributed by atoms with E-state index >= 15 is 0 Å². The summed E-state index contributed by atoms with van der Waals surface area (Å²) in [5.41, 5.74) is 2.02. The fourth-order valence-electron chi connectivity index (χ4n) is 3.15. The zero-order valence-electron chi connectivity index (χ0n) is 11.6. The van der Waals surface area contributed by atoms with Gasteiger partial charge in [0.2, 0.25) is 0 Å². The number of rotatable bonds is 4. The van der Waals surface area contributed by atoms with Gasteiger partial charge in [0, 0.05) is 17.8 Å². The predicted octanol–water partition coefficient (Wildman–Crippen LogP) is 4.09. The number of fused-ring (bicyclic) bond motifs is 1. The minimum atomic E-state index is 0.652. The fraction of sp³-hybridized carbons (Fsp3) is 0.500. The molecule has 1 aliphatic carbocycles. The van der Waals surface area contributed by atoms with E-state index in [-0.39, 0.29) is 0 Å². The Balaban J connectivity index is 1.73. The second-order valence-electron chi connectivity index (χ2n) is 5.62. The molecule has 0 aliphatic heterocycles. The maximum Gasteiger partial charge on any atom is 0.0950 e. The molecule has 0 radical (unpaired) electrons. The van der Waals surface area contributed by atoms with Crippen LogP contribution in [0, 0.1) is 11.8 Å². The SMILES string of the molecule is ClCC1CCCCC1CNc1cnnc2ccccc12. The Morgan fingerprint density at radius 3 is 2.80 bits per heavy atom. The molecule has 106 valence electrons. The second kappa shape index (κ2) is 6.40. The minimum Gasteiger partial charge on any atom is -0.383 e. The van der Waals surface area contributed by atoms with Crippen molar-refractivity contribution in [2.24, 2.45) is 11.8 Å². The van der Waals surface area contributed by atoms with Crippen molar-refractivity contribution in [2.75, 3.05) is 17.7 Å². The standard InChI is InChI=1S/C16H20ClN3/c17-9-12-5-1-2-6-13(12)10-18-16-11-19-20-15-8-4-3-7-14(15)16/h3-4,7-8,11-13H,1-2,5-6,9-10H2,(H,18,20). The van der Waals surface area contributed by atoms with Crippen molar-refractivity contribution in [3.05, 3.63) is 30.5 Å². The zero-order valence-corrected chi connectivity index (χ0v) is 12.3. The van der Waals surface area contributed by atoms with E-state index in [1.165, 1.54) is 25.7 Å². The Bertz CT molecular complexity index is 567. The Morgan fingerprint density at radius 2 is 1.95 bits per heavy atom. The largest absolute Gasteiger partial charge is 0.383 e. The molecule has 3 rings (SSSR count). The van der Waals surface area contributed by atoms with Gasteiger partial charge in [0.25, 0.3) is 0 Å². The van der Waals surface area contributed by atoms with Gasteiger partial charge in [-0.2, -0.15) is 10.2 Å². The molecule has 1 heterocycles. The molecular weight excluding hydrogens is 270 g/mol. The van der Waals surface area contributed by atoms with Gasteiger partial charge >= 0.3 is 0 Å². The Labute approximate surface area is 124 Å². The van der Waals surface area contributed by atoms with E-state index in [0.29, 0.717) is 11.8 Å². The molecular formula is C16H20ClN3. The van der Waals surface area contributed by atoms with Crippen LogP contribution in [-0.4, -0.2) is 22.6 Å². The lowest BCUT2D eigenvalue weighted by Gasteiger charge is -2.30. The lowest BCUT2D eigenvalue weighted by molar-refractivity contribution is 0.272. The molecule has 1 aromatic heterocycles. The summed E-state index contributed by atoms with van der Waals surface area (Å²) in [5.74, 6) is 2.11. The van der Waals surface area contributed by atoms with Crippen molar-refractivity contribution in [3.8, 4) is 0 Å². The number of halogens is 1. The highest BCUT2D eigenvalue weighted by molar-refractivity contribution is 6.18. The van der Waals surface area contributed by atoms with Gasteiger partial charge in [-0.05, 0) is 30.7 Å². The van der Waals surface area contributed by atoms with Crippen molar-refractivity contribution in [2.45, 2.75) is 25.7 Å². The summed E-state index contributed by atoms with van der Waals surface area (Å²) in [7, 11) is 0. The van der Waals surface area contributed by atoms with Crippen molar-refractivity contribution >= 4 is 28.2 Å². The molecule has 0 saturated heterocycles. The summed E-state index contributed by atoms with van der Waals surface area (Å²) in [6.45, 7) is 0.979. The van der Waals surface area contributed by atoms with Crippen LogP contribution in [0.2, 0.25) is 0 Å². The zero-order chi connectivity index (χ0) is 13.8. The van der Waals surface area contributed by atoms with E-state index in [9.17, 15) is 0 Å². The van der Waals surface area contributed by atoms with Gasteiger partial charge in [0.15, 0.2) is 0 Å². The Kier molecular flexibility index (Phi) is 4.36. The first kappa shape index (κ1) is 13.6. The second-order valence-corrected chi connectivity index (χ2v) is 5.92. The van der Waals surface area contributed by atoms with Crippen LogP contribution in [-0.2, 0) is 0 Å². The summed E-state index contributed by atoms with van der Waals surface area (Å²) in [6.07, 6.45) is 7.02. The van der Waals surface area contributed by atoms with E-state index in [0.717, 1.165) is 29.0 Å². The molecule has 20 heavy (non-hydrogen) atoms. The van der Waals surface area contributed by atoms with Crippen LogP contribution in [0.4, 0.5) is 5.69 Å². The van der Waals surface area contributed by atoms with E-state index < -0.39 is 0 Å². The third kappa shape index (κ3) is 2.88. The average molecular weight is 290 g/mol. The summed E-state index contributed by atoms with van der Waals surface area (Å²) in [6, 6.07) is 8.12.